The van der Waals surface area contributed by atoms with E-state index in [1.807, 2.05) is 34.6 Å². The molecule has 0 aromatic rings. The van der Waals surface area contributed by atoms with Crippen molar-refractivity contribution >= 4 is 5.78 Å². The van der Waals surface area contributed by atoms with Gasteiger partial charge in [-0.25, -0.2) is 0 Å². The van der Waals surface area contributed by atoms with Crippen molar-refractivity contribution in [1.29, 1.82) is 0 Å². The van der Waals surface area contributed by atoms with E-state index in [2.05, 4.69) is 6.92 Å². The van der Waals surface area contributed by atoms with Crippen LogP contribution in [0, 0.1) is 5.92 Å². The summed E-state index contributed by atoms with van der Waals surface area (Å²) in [6, 6.07) is 0. The first kappa shape index (κ1) is 13.6. The van der Waals surface area contributed by atoms with Crippen LogP contribution in [0.25, 0.3) is 0 Å². The number of ketones is 1. The average molecular weight is 200 g/mol. The molecule has 0 aliphatic rings. The zero-order valence-corrected chi connectivity index (χ0v) is 10.4. The summed E-state index contributed by atoms with van der Waals surface area (Å²) in [6.07, 6.45) is 1.59. The number of carbonyl (C=O) groups excluding carboxylic acids is 1. The molecule has 2 heteroatoms. The maximum absolute atomic E-state index is 11.8. The van der Waals surface area contributed by atoms with Gasteiger partial charge in [0.1, 0.15) is 6.10 Å². The van der Waals surface area contributed by atoms with Crippen LogP contribution in [0.2, 0.25) is 0 Å². The lowest BCUT2D eigenvalue weighted by atomic mass is 9.99. The smallest absolute Gasteiger partial charge is 0.164 e. The monoisotopic (exact) mass is 200 g/mol. The fourth-order valence-corrected chi connectivity index (χ4v) is 1.32. The molecule has 0 amide bonds. The first-order valence-electron chi connectivity index (χ1n) is 5.49. The Morgan fingerprint density at radius 3 is 2.07 bits per heavy atom. The van der Waals surface area contributed by atoms with Crippen LogP contribution in [0.1, 0.15) is 54.4 Å². The molecule has 0 unspecified atom stereocenters. The van der Waals surface area contributed by atoms with Gasteiger partial charge >= 0.3 is 0 Å². The zero-order valence-electron chi connectivity index (χ0n) is 10.4. The molecule has 0 saturated carbocycles. The lowest BCUT2D eigenvalue weighted by Gasteiger charge is -2.27. The molecule has 0 aliphatic carbocycles. The van der Waals surface area contributed by atoms with Crippen molar-refractivity contribution in [3.8, 4) is 0 Å². The van der Waals surface area contributed by atoms with Crippen LogP contribution in [0.3, 0.4) is 0 Å². The quantitative estimate of drug-likeness (QED) is 0.681. The SMILES string of the molecule is CCC[C@H](OC(C)(C)C)C(=O)C(C)C. The van der Waals surface area contributed by atoms with Gasteiger partial charge in [0.25, 0.3) is 0 Å². The van der Waals surface area contributed by atoms with Crippen LogP contribution in [0.15, 0.2) is 0 Å². The van der Waals surface area contributed by atoms with Crippen molar-refractivity contribution in [2.24, 2.45) is 5.92 Å². The first-order chi connectivity index (χ1) is 6.28. The maximum Gasteiger partial charge on any atom is 0.164 e. The molecule has 0 radical (unpaired) electrons. The molecule has 0 spiro atoms. The van der Waals surface area contributed by atoms with Crippen molar-refractivity contribution in [3.05, 3.63) is 0 Å². The van der Waals surface area contributed by atoms with Gasteiger partial charge in [0.2, 0.25) is 0 Å². The third-order valence-corrected chi connectivity index (χ3v) is 1.93. The number of ether oxygens (including phenoxy) is 1. The second-order valence-corrected chi connectivity index (χ2v) is 5.06. The topological polar surface area (TPSA) is 26.3 Å². The molecule has 2 nitrogen and oxygen atoms in total. The lowest BCUT2D eigenvalue weighted by molar-refractivity contribution is -0.144. The lowest BCUT2D eigenvalue weighted by Crippen LogP contribution is -2.35. The molecule has 0 aromatic heterocycles. The predicted molar refractivity (Wildman–Crippen MR) is 59.4 cm³/mol. The summed E-state index contributed by atoms with van der Waals surface area (Å²) in [5, 5.41) is 0. The van der Waals surface area contributed by atoms with E-state index in [0.29, 0.717) is 0 Å². The summed E-state index contributed by atoms with van der Waals surface area (Å²) in [5.41, 5.74) is -0.232. The molecule has 0 bridgehead atoms. The second-order valence-electron chi connectivity index (χ2n) is 5.06. The van der Waals surface area contributed by atoms with Crippen molar-refractivity contribution < 1.29 is 9.53 Å². The minimum Gasteiger partial charge on any atom is -0.365 e. The Balaban J connectivity index is 4.36. The Morgan fingerprint density at radius 1 is 1.29 bits per heavy atom. The van der Waals surface area contributed by atoms with E-state index in [1.54, 1.807) is 0 Å². The summed E-state index contributed by atoms with van der Waals surface area (Å²) >= 11 is 0. The molecule has 0 fully saturated rings. The molecular weight excluding hydrogens is 176 g/mol. The Kier molecular flexibility index (Phi) is 5.35. The summed E-state index contributed by atoms with van der Waals surface area (Å²) < 4.78 is 5.75. The van der Waals surface area contributed by atoms with E-state index in [4.69, 9.17) is 4.74 Å². The van der Waals surface area contributed by atoms with Crippen LogP contribution in [-0.2, 0) is 9.53 Å². The van der Waals surface area contributed by atoms with Gasteiger partial charge in [0, 0.05) is 5.92 Å². The third-order valence-electron chi connectivity index (χ3n) is 1.93. The highest BCUT2D eigenvalue weighted by Gasteiger charge is 2.25. The van der Waals surface area contributed by atoms with Gasteiger partial charge in [0.15, 0.2) is 5.78 Å². The molecule has 0 heterocycles. The van der Waals surface area contributed by atoms with Crippen LogP contribution in [0.5, 0.6) is 0 Å². The van der Waals surface area contributed by atoms with Gasteiger partial charge in [0.05, 0.1) is 5.60 Å². The summed E-state index contributed by atoms with van der Waals surface area (Å²) in [5.74, 6) is 0.288. The van der Waals surface area contributed by atoms with Gasteiger partial charge in [-0.3, -0.25) is 4.79 Å². The standard InChI is InChI=1S/C12H24O2/c1-7-8-10(11(13)9(2)3)14-12(4,5)6/h9-10H,7-8H2,1-6H3/t10-/m0/s1. The van der Waals surface area contributed by atoms with Crippen LogP contribution in [-0.4, -0.2) is 17.5 Å². The van der Waals surface area contributed by atoms with Gasteiger partial charge in [-0.1, -0.05) is 27.2 Å². The molecule has 0 N–H and O–H groups in total. The third kappa shape index (κ3) is 5.38. The minimum absolute atomic E-state index is 0.0638. The van der Waals surface area contributed by atoms with E-state index in [-0.39, 0.29) is 23.4 Å². The molecule has 0 aliphatic heterocycles. The predicted octanol–water partition coefficient (Wildman–Crippen LogP) is 3.20. The minimum atomic E-state index is -0.232. The van der Waals surface area contributed by atoms with E-state index in [1.165, 1.54) is 0 Å². The van der Waals surface area contributed by atoms with Gasteiger partial charge in [-0.05, 0) is 27.2 Å². The van der Waals surface area contributed by atoms with Crippen LogP contribution >= 0.6 is 0 Å². The fourth-order valence-electron chi connectivity index (χ4n) is 1.32. The van der Waals surface area contributed by atoms with E-state index in [0.717, 1.165) is 12.8 Å². The number of rotatable bonds is 5. The largest absolute Gasteiger partial charge is 0.365 e. The number of hydrogen-bond donors (Lipinski definition) is 0. The Hall–Kier alpha value is -0.370. The second kappa shape index (κ2) is 5.50. The van der Waals surface area contributed by atoms with Crippen molar-refractivity contribution in [3.63, 3.8) is 0 Å². The Bertz CT molecular complexity index is 177. The maximum atomic E-state index is 11.8. The summed E-state index contributed by atoms with van der Waals surface area (Å²) in [4.78, 5) is 11.8. The van der Waals surface area contributed by atoms with Crippen molar-refractivity contribution in [1.82, 2.24) is 0 Å². The Labute approximate surface area is 88.0 Å². The number of Topliss-reactive ketones (excluding diaryl/α,β-unsaturated/α-hetero) is 1. The molecule has 0 aromatic carbocycles. The fraction of sp³-hybridized carbons (Fsp3) is 0.917. The van der Waals surface area contributed by atoms with Gasteiger partial charge in [-0.2, -0.15) is 0 Å². The van der Waals surface area contributed by atoms with Crippen LogP contribution in [0.4, 0.5) is 0 Å². The molecular formula is C12H24O2. The normalized spacial score (nSPS) is 14.5. The van der Waals surface area contributed by atoms with E-state index in [9.17, 15) is 4.79 Å². The van der Waals surface area contributed by atoms with Crippen LogP contribution < -0.4 is 0 Å². The molecule has 14 heavy (non-hydrogen) atoms. The average Bonchev–Trinajstić information content (AvgIpc) is 1.99. The van der Waals surface area contributed by atoms with Gasteiger partial charge < -0.3 is 4.74 Å². The highest BCUT2D eigenvalue weighted by Crippen LogP contribution is 2.17. The molecule has 1 atom stereocenters. The molecule has 0 saturated heterocycles. The number of carbonyl (C=O) groups is 1. The summed E-state index contributed by atoms with van der Waals surface area (Å²) in [7, 11) is 0. The van der Waals surface area contributed by atoms with Gasteiger partial charge in [-0.15, -0.1) is 0 Å². The van der Waals surface area contributed by atoms with Crippen molar-refractivity contribution in [2.45, 2.75) is 66.1 Å². The molecule has 0 rings (SSSR count). The van der Waals surface area contributed by atoms with E-state index >= 15 is 0 Å². The Morgan fingerprint density at radius 2 is 1.79 bits per heavy atom. The first-order valence-corrected chi connectivity index (χ1v) is 5.49. The zero-order chi connectivity index (χ0) is 11.4. The molecule has 84 valence electrons. The highest BCUT2D eigenvalue weighted by atomic mass is 16.5. The van der Waals surface area contributed by atoms with E-state index < -0.39 is 0 Å². The summed E-state index contributed by atoms with van der Waals surface area (Å²) in [6.45, 7) is 11.9. The highest BCUT2D eigenvalue weighted by molar-refractivity contribution is 5.84. The number of hydrogen-bond acceptors (Lipinski definition) is 2. The van der Waals surface area contributed by atoms with Crippen molar-refractivity contribution in [2.75, 3.05) is 0 Å².